The molecule has 1 aromatic rings. The van der Waals surface area contributed by atoms with Gasteiger partial charge in [0.2, 0.25) is 10.0 Å². The highest BCUT2D eigenvalue weighted by molar-refractivity contribution is 7.90. The van der Waals surface area contributed by atoms with Gasteiger partial charge in [-0.25, -0.2) is 17.9 Å². The van der Waals surface area contributed by atoms with E-state index in [1.807, 2.05) is 0 Å². The Labute approximate surface area is 116 Å². The van der Waals surface area contributed by atoms with Crippen molar-refractivity contribution in [2.24, 2.45) is 5.73 Å². The molecule has 20 heavy (non-hydrogen) atoms. The van der Waals surface area contributed by atoms with Crippen LogP contribution in [0.15, 0.2) is 24.3 Å². The highest BCUT2D eigenvalue weighted by Gasteiger charge is 2.19. The smallest absolute Gasteiger partial charge is 0.320 e. The van der Waals surface area contributed by atoms with Gasteiger partial charge in [0.25, 0.3) is 0 Å². The summed E-state index contributed by atoms with van der Waals surface area (Å²) in [6.45, 7) is 1.58. The molecule has 0 aromatic heterocycles. The molecule has 0 aliphatic heterocycles. The zero-order valence-corrected chi connectivity index (χ0v) is 11.5. The van der Waals surface area contributed by atoms with Gasteiger partial charge in [0, 0.05) is 11.7 Å². The molecule has 1 unspecified atom stereocenters. The molecule has 0 fully saturated rings. The minimum atomic E-state index is -3.90. The van der Waals surface area contributed by atoms with Crippen molar-refractivity contribution in [1.82, 2.24) is 4.72 Å². The molecule has 0 spiro atoms. The van der Waals surface area contributed by atoms with E-state index >= 15 is 0 Å². The molecular formula is C11H15N3O5S. The minimum absolute atomic E-state index is 0.474. The molecule has 2 amide bonds. The minimum Gasteiger partial charge on any atom is -0.480 e. The van der Waals surface area contributed by atoms with Crippen molar-refractivity contribution in [2.75, 3.05) is 11.1 Å². The van der Waals surface area contributed by atoms with Gasteiger partial charge >= 0.3 is 12.0 Å². The van der Waals surface area contributed by atoms with Gasteiger partial charge in [0.1, 0.15) is 0 Å². The van der Waals surface area contributed by atoms with Crippen molar-refractivity contribution in [2.45, 2.75) is 13.0 Å². The van der Waals surface area contributed by atoms with Crippen LogP contribution in [-0.4, -0.2) is 31.3 Å². The number of benzene rings is 1. The van der Waals surface area contributed by atoms with Crippen molar-refractivity contribution in [3.05, 3.63) is 29.8 Å². The van der Waals surface area contributed by atoms with E-state index < -0.39 is 33.8 Å². The van der Waals surface area contributed by atoms with Crippen LogP contribution >= 0.6 is 0 Å². The van der Waals surface area contributed by atoms with Crippen LogP contribution in [0.3, 0.4) is 0 Å². The number of rotatable bonds is 6. The van der Waals surface area contributed by atoms with E-state index in [2.05, 4.69) is 10.0 Å². The van der Waals surface area contributed by atoms with Gasteiger partial charge in [-0.3, -0.25) is 4.79 Å². The molecule has 0 radical (unpaired) electrons. The van der Waals surface area contributed by atoms with Gasteiger partial charge in [0.05, 0.1) is 0 Å². The predicted molar refractivity (Wildman–Crippen MR) is 72.6 cm³/mol. The first-order chi connectivity index (χ1) is 9.19. The van der Waals surface area contributed by atoms with Crippen molar-refractivity contribution in [1.29, 1.82) is 0 Å². The number of amides is 2. The van der Waals surface area contributed by atoms with Gasteiger partial charge in [-0.15, -0.1) is 0 Å². The molecule has 1 rings (SSSR count). The van der Waals surface area contributed by atoms with Crippen molar-refractivity contribution >= 4 is 27.7 Å². The number of urea groups is 1. The SMILES string of the molecule is CC(NS(=O)(=O)CC(=O)O)c1ccc(NC(N)=O)cc1. The summed E-state index contributed by atoms with van der Waals surface area (Å²) in [7, 11) is -3.90. The number of primary amides is 1. The molecule has 110 valence electrons. The Morgan fingerprint density at radius 3 is 2.30 bits per heavy atom. The molecular weight excluding hydrogens is 286 g/mol. The third-order valence-corrected chi connectivity index (χ3v) is 3.69. The molecule has 1 atom stereocenters. The fourth-order valence-corrected chi connectivity index (χ4v) is 2.62. The molecule has 8 nitrogen and oxygen atoms in total. The molecule has 0 saturated heterocycles. The average molecular weight is 301 g/mol. The normalized spacial score (nSPS) is 12.7. The fourth-order valence-electron chi connectivity index (χ4n) is 1.54. The van der Waals surface area contributed by atoms with Gasteiger partial charge < -0.3 is 16.2 Å². The summed E-state index contributed by atoms with van der Waals surface area (Å²) >= 11 is 0. The summed E-state index contributed by atoms with van der Waals surface area (Å²) in [5, 5.41) is 10.8. The predicted octanol–water partition coefficient (Wildman–Crippen LogP) is 0.242. The summed E-state index contributed by atoms with van der Waals surface area (Å²) in [6.07, 6.45) is 0. The number of carboxylic acids is 1. The lowest BCUT2D eigenvalue weighted by molar-refractivity contribution is -0.134. The lowest BCUT2D eigenvalue weighted by atomic mass is 10.1. The number of hydrogen-bond donors (Lipinski definition) is 4. The Balaban J connectivity index is 2.75. The standard InChI is InChI=1S/C11H15N3O5S/c1-7(14-20(18,19)6-10(15)16)8-2-4-9(5-3-8)13-11(12)17/h2-5,7,14H,6H2,1H3,(H,15,16)(H3,12,13,17). The molecule has 0 saturated carbocycles. The monoisotopic (exact) mass is 301 g/mol. The number of carbonyl (C=O) groups excluding carboxylic acids is 1. The maximum atomic E-state index is 11.5. The summed E-state index contributed by atoms with van der Waals surface area (Å²) in [4.78, 5) is 21.1. The molecule has 5 N–H and O–H groups in total. The van der Waals surface area contributed by atoms with Crippen molar-refractivity contribution < 1.29 is 23.1 Å². The molecule has 0 aliphatic carbocycles. The van der Waals surface area contributed by atoms with Crippen molar-refractivity contribution in [3.8, 4) is 0 Å². The van der Waals surface area contributed by atoms with Gasteiger partial charge in [-0.05, 0) is 24.6 Å². The van der Waals surface area contributed by atoms with Crippen LogP contribution in [-0.2, 0) is 14.8 Å². The summed E-state index contributed by atoms with van der Waals surface area (Å²) < 4.78 is 25.2. The number of anilines is 1. The Hall–Kier alpha value is -2.13. The van der Waals surface area contributed by atoms with Crippen LogP contribution in [0.4, 0.5) is 10.5 Å². The third kappa shape index (κ3) is 5.24. The first-order valence-corrected chi connectivity index (χ1v) is 7.23. The first-order valence-electron chi connectivity index (χ1n) is 5.58. The molecule has 0 bridgehead atoms. The number of sulfonamides is 1. The van der Waals surface area contributed by atoms with E-state index in [-0.39, 0.29) is 0 Å². The third-order valence-electron chi connectivity index (χ3n) is 2.35. The second kappa shape index (κ2) is 6.35. The van der Waals surface area contributed by atoms with Gasteiger partial charge in [0.15, 0.2) is 5.75 Å². The Kier molecular flexibility index (Phi) is 5.06. The largest absolute Gasteiger partial charge is 0.480 e. The number of nitrogens with one attached hydrogen (secondary N) is 2. The van der Waals surface area contributed by atoms with Crippen LogP contribution in [0.5, 0.6) is 0 Å². The van der Waals surface area contributed by atoms with E-state index in [1.165, 1.54) is 0 Å². The Morgan fingerprint density at radius 1 is 1.30 bits per heavy atom. The second-order valence-electron chi connectivity index (χ2n) is 4.10. The lowest BCUT2D eigenvalue weighted by Crippen LogP contribution is -2.32. The highest BCUT2D eigenvalue weighted by Crippen LogP contribution is 2.16. The van der Waals surface area contributed by atoms with Crippen LogP contribution in [0.1, 0.15) is 18.5 Å². The molecule has 9 heteroatoms. The molecule has 0 heterocycles. The fraction of sp³-hybridized carbons (Fsp3) is 0.273. The lowest BCUT2D eigenvalue weighted by Gasteiger charge is -2.14. The Morgan fingerprint density at radius 2 is 1.85 bits per heavy atom. The van der Waals surface area contributed by atoms with Crippen LogP contribution in [0, 0.1) is 0 Å². The van der Waals surface area contributed by atoms with Gasteiger partial charge in [-0.2, -0.15) is 0 Å². The number of hydrogen-bond acceptors (Lipinski definition) is 4. The second-order valence-corrected chi connectivity index (χ2v) is 5.86. The maximum absolute atomic E-state index is 11.5. The summed E-state index contributed by atoms with van der Waals surface area (Å²) in [6, 6.07) is 5.01. The molecule has 0 aliphatic rings. The van der Waals surface area contributed by atoms with Crippen LogP contribution in [0.2, 0.25) is 0 Å². The number of nitrogens with two attached hydrogens (primary N) is 1. The van der Waals surface area contributed by atoms with Crippen molar-refractivity contribution in [3.63, 3.8) is 0 Å². The van der Waals surface area contributed by atoms with E-state index in [0.29, 0.717) is 11.3 Å². The maximum Gasteiger partial charge on any atom is 0.320 e. The summed E-state index contributed by atoms with van der Waals surface area (Å²) in [5.74, 6) is -2.41. The van der Waals surface area contributed by atoms with Gasteiger partial charge in [-0.1, -0.05) is 12.1 Å². The molecule has 1 aromatic carbocycles. The first kappa shape index (κ1) is 15.9. The van der Waals surface area contributed by atoms with E-state index in [9.17, 15) is 18.0 Å². The van der Waals surface area contributed by atoms with E-state index in [0.717, 1.165) is 0 Å². The van der Waals surface area contributed by atoms with Crippen LogP contribution < -0.4 is 15.8 Å². The van der Waals surface area contributed by atoms with E-state index in [4.69, 9.17) is 10.8 Å². The Bertz CT molecular complexity index is 597. The number of aliphatic carboxylic acids is 1. The number of carboxylic acid groups (broad SMARTS) is 1. The zero-order chi connectivity index (χ0) is 15.3. The van der Waals surface area contributed by atoms with Crippen LogP contribution in [0.25, 0.3) is 0 Å². The zero-order valence-electron chi connectivity index (χ0n) is 10.7. The summed E-state index contributed by atoms with van der Waals surface area (Å²) in [5.41, 5.74) is 6.05. The quantitative estimate of drug-likeness (QED) is 0.596. The topological polar surface area (TPSA) is 139 Å². The number of carbonyl (C=O) groups is 2. The van der Waals surface area contributed by atoms with E-state index in [1.54, 1.807) is 31.2 Å². The average Bonchev–Trinajstić information content (AvgIpc) is 2.26. The highest BCUT2D eigenvalue weighted by atomic mass is 32.2.